The number of rotatable bonds is 11. The molecule has 0 aliphatic rings. The predicted molar refractivity (Wildman–Crippen MR) is 99.1 cm³/mol. The Morgan fingerprint density at radius 2 is 2.04 bits per heavy atom. The number of nitrogens with zero attached hydrogens (tertiary/aromatic N) is 2. The van der Waals surface area contributed by atoms with E-state index in [0.717, 1.165) is 42.9 Å². The normalized spacial score (nSPS) is 12.4. The Bertz CT molecular complexity index is 505. The molecule has 1 heterocycles. The smallest absolute Gasteiger partial charge is 0.204 e. The van der Waals surface area contributed by atoms with E-state index in [4.69, 9.17) is 0 Å². The van der Waals surface area contributed by atoms with Crippen molar-refractivity contribution in [3.05, 3.63) is 28.8 Å². The van der Waals surface area contributed by atoms with Crippen molar-refractivity contribution in [3.63, 3.8) is 0 Å². The van der Waals surface area contributed by atoms with Crippen molar-refractivity contribution < 1.29 is 8.75 Å². The molecule has 0 aromatic carbocycles. The van der Waals surface area contributed by atoms with E-state index in [1.54, 1.807) is 11.5 Å². The second kappa shape index (κ2) is 10.7. The molecule has 0 amide bonds. The number of Topliss-reactive ketones (excluding diaryl/α,β-unsaturated/α-hetero) is 1. The Labute approximate surface area is 146 Å². The number of hydrogen-bond acceptors (Lipinski definition) is 3. The fourth-order valence-corrected chi connectivity index (χ4v) is 3.50. The van der Waals surface area contributed by atoms with E-state index in [-0.39, 0.29) is 5.78 Å². The molecule has 130 valence electrons. The lowest BCUT2D eigenvalue weighted by molar-refractivity contribution is -0.629. The van der Waals surface area contributed by atoms with Crippen LogP contribution in [0, 0.1) is 0 Å². The zero-order valence-corrected chi connectivity index (χ0v) is 16.3. The summed E-state index contributed by atoms with van der Waals surface area (Å²) in [4.78, 5) is 15.8. The zero-order valence-electron chi connectivity index (χ0n) is 15.5. The van der Waals surface area contributed by atoms with Gasteiger partial charge in [0.25, 0.3) is 0 Å². The minimum Gasteiger partial charge on any atom is -0.301 e. The minimum absolute atomic E-state index is 0.178. The van der Waals surface area contributed by atoms with Crippen LogP contribution in [0.2, 0.25) is 0 Å². The first-order valence-corrected chi connectivity index (χ1v) is 9.72. The highest BCUT2D eigenvalue weighted by molar-refractivity contribution is 7.04. The van der Waals surface area contributed by atoms with Gasteiger partial charge >= 0.3 is 0 Å². The molecular weight excluding hydrogens is 304 g/mol. The molecule has 0 radical (unpaired) electrons. The van der Waals surface area contributed by atoms with Gasteiger partial charge < -0.3 is 4.90 Å². The third kappa shape index (κ3) is 6.96. The summed E-state index contributed by atoms with van der Waals surface area (Å²) >= 11 is 1.58. The molecular formula is C19H33N2OS+. The number of hydrogen-bond donors (Lipinski definition) is 0. The van der Waals surface area contributed by atoms with Crippen LogP contribution in [0.5, 0.6) is 0 Å². The molecule has 23 heavy (non-hydrogen) atoms. The average molecular weight is 338 g/mol. The highest BCUT2D eigenvalue weighted by Gasteiger charge is 2.16. The third-order valence-electron chi connectivity index (χ3n) is 4.03. The third-order valence-corrected chi connectivity index (χ3v) is 5.09. The Kier molecular flexibility index (Phi) is 9.34. The Morgan fingerprint density at radius 3 is 2.65 bits per heavy atom. The zero-order chi connectivity index (χ0) is 17.2. The summed E-state index contributed by atoms with van der Waals surface area (Å²) < 4.78 is 2.16. The van der Waals surface area contributed by atoms with E-state index in [9.17, 15) is 4.79 Å². The van der Waals surface area contributed by atoms with Crippen LogP contribution in [0.3, 0.4) is 0 Å². The largest absolute Gasteiger partial charge is 0.301 e. The maximum absolute atomic E-state index is 12.5. The van der Waals surface area contributed by atoms with Crippen LogP contribution in [0.25, 0.3) is 0 Å². The second-order valence-electron chi connectivity index (χ2n) is 6.40. The first-order chi connectivity index (χ1) is 11.0. The molecule has 0 spiro atoms. The van der Waals surface area contributed by atoms with E-state index in [2.05, 4.69) is 42.6 Å². The Morgan fingerprint density at radius 1 is 1.30 bits per heavy atom. The number of allylic oxidation sites excluding steroid dienone is 1. The summed E-state index contributed by atoms with van der Waals surface area (Å²) in [6, 6.07) is 2.52. The second-order valence-corrected chi connectivity index (χ2v) is 7.49. The van der Waals surface area contributed by atoms with Crippen LogP contribution in [-0.2, 0) is 6.54 Å². The summed E-state index contributed by atoms with van der Waals surface area (Å²) in [6.45, 7) is 14.0. The molecule has 1 rings (SSSR count). The minimum atomic E-state index is 0.178. The van der Waals surface area contributed by atoms with Gasteiger partial charge in [-0.05, 0) is 45.7 Å². The SMILES string of the molecule is CCCC[n+]1ccc(C(=O)C(C)=CCCN(CCC)C(C)C)s1. The first-order valence-electron chi connectivity index (χ1n) is 8.94. The van der Waals surface area contributed by atoms with Crippen molar-refractivity contribution >= 4 is 17.3 Å². The molecule has 0 fully saturated rings. The number of ketones is 1. The maximum Gasteiger partial charge on any atom is 0.204 e. The van der Waals surface area contributed by atoms with E-state index in [1.807, 2.05) is 19.2 Å². The summed E-state index contributed by atoms with van der Waals surface area (Å²) in [5.74, 6) is 0.178. The van der Waals surface area contributed by atoms with Crippen molar-refractivity contribution in [2.45, 2.75) is 72.9 Å². The van der Waals surface area contributed by atoms with Crippen molar-refractivity contribution in [2.24, 2.45) is 0 Å². The van der Waals surface area contributed by atoms with E-state index >= 15 is 0 Å². The molecule has 0 aliphatic carbocycles. The van der Waals surface area contributed by atoms with Gasteiger partial charge in [-0.3, -0.25) is 4.79 Å². The van der Waals surface area contributed by atoms with E-state index in [1.165, 1.54) is 12.8 Å². The van der Waals surface area contributed by atoms with Crippen LogP contribution >= 0.6 is 11.5 Å². The average Bonchev–Trinajstić information content (AvgIpc) is 2.99. The predicted octanol–water partition coefficient (Wildman–Crippen LogP) is 4.48. The van der Waals surface area contributed by atoms with E-state index in [0.29, 0.717) is 6.04 Å². The van der Waals surface area contributed by atoms with Gasteiger partial charge in [0.15, 0.2) is 12.7 Å². The van der Waals surface area contributed by atoms with Crippen LogP contribution < -0.4 is 3.96 Å². The van der Waals surface area contributed by atoms with Gasteiger partial charge in [-0.15, -0.1) is 3.96 Å². The molecule has 0 unspecified atom stereocenters. The topological polar surface area (TPSA) is 24.2 Å². The summed E-state index contributed by atoms with van der Waals surface area (Å²) in [5, 5.41) is 0. The molecule has 3 nitrogen and oxygen atoms in total. The summed E-state index contributed by atoms with van der Waals surface area (Å²) in [7, 11) is 0. The lowest BCUT2D eigenvalue weighted by Gasteiger charge is -2.25. The van der Waals surface area contributed by atoms with Crippen LogP contribution in [0.15, 0.2) is 23.9 Å². The van der Waals surface area contributed by atoms with Gasteiger partial charge in [-0.2, -0.15) is 0 Å². The summed E-state index contributed by atoms with van der Waals surface area (Å²) in [6.07, 6.45) is 8.59. The molecule has 0 saturated heterocycles. The van der Waals surface area contributed by atoms with Gasteiger partial charge in [-0.25, -0.2) is 0 Å². The molecule has 0 bridgehead atoms. The number of aryl methyl sites for hydroxylation is 1. The van der Waals surface area contributed by atoms with Gasteiger partial charge in [-0.1, -0.05) is 26.3 Å². The number of carbonyl (C=O) groups excluding carboxylic acids is 1. The molecule has 0 N–H and O–H groups in total. The van der Waals surface area contributed by atoms with Crippen molar-refractivity contribution in [2.75, 3.05) is 13.1 Å². The van der Waals surface area contributed by atoms with Crippen LogP contribution in [-0.4, -0.2) is 29.8 Å². The fraction of sp³-hybridized carbons (Fsp3) is 0.684. The lowest BCUT2D eigenvalue weighted by atomic mass is 10.1. The molecule has 0 aliphatic heterocycles. The lowest BCUT2D eigenvalue weighted by Crippen LogP contribution is -2.32. The molecule has 1 aromatic heterocycles. The highest BCUT2D eigenvalue weighted by Crippen LogP contribution is 2.12. The fourth-order valence-electron chi connectivity index (χ4n) is 2.54. The summed E-state index contributed by atoms with van der Waals surface area (Å²) in [5.41, 5.74) is 0.870. The van der Waals surface area contributed by atoms with Crippen LogP contribution in [0.1, 0.15) is 70.0 Å². The van der Waals surface area contributed by atoms with Gasteiger partial charge in [0.2, 0.25) is 5.78 Å². The van der Waals surface area contributed by atoms with E-state index < -0.39 is 0 Å². The standard InChI is InChI=1S/C19H33N2OS/c1-6-8-14-21-15-11-18(23-21)19(22)17(5)10-9-13-20(12-7-2)16(3)4/h10-11,15-16H,6-9,12-14H2,1-5H3/q+1. The maximum atomic E-state index is 12.5. The quantitative estimate of drug-likeness (QED) is 0.338. The molecule has 1 aromatic rings. The van der Waals surface area contributed by atoms with Gasteiger partial charge in [0.1, 0.15) is 16.4 Å². The Balaban J connectivity index is 2.56. The molecule has 0 saturated carbocycles. The highest BCUT2D eigenvalue weighted by atomic mass is 32.1. The monoisotopic (exact) mass is 337 g/mol. The van der Waals surface area contributed by atoms with Gasteiger partial charge in [0.05, 0.1) is 0 Å². The number of carbonyl (C=O) groups is 1. The van der Waals surface area contributed by atoms with Crippen LogP contribution in [0.4, 0.5) is 0 Å². The van der Waals surface area contributed by atoms with Crippen molar-refractivity contribution in [1.82, 2.24) is 4.90 Å². The number of aromatic nitrogens is 1. The van der Waals surface area contributed by atoms with Gasteiger partial charge in [0, 0.05) is 25.1 Å². The van der Waals surface area contributed by atoms with Crippen molar-refractivity contribution in [1.29, 1.82) is 0 Å². The Hall–Kier alpha value is -1.00. The molecule has 4 heteroatoms. The molecule has 0 atom stereocenters. The van der Waals surface area contributed by atoms with Crippen molar-refractivity contribution in [3.8, 4) is 0 Å². The first kappa shape index (κ1) is 20.0. The number of unbranched alkanes of at least 4 members (excludes halogenated alkanes) is 1.